The summed E-state index contributed by atoms with van der Waals surface area (Å²) in [5.41, 5.74) is 3.54. The molecule has 9 nitrogen and oxygen atoms in total. The number of hydrogen-bond donors (Lipinski definition) is 3. The van der Waals surface area contributed by atoms with Crippen LogP contribution in [0.25, 0.3) is 22.2 Å². The Balaban J connectivity index is 1.29. The van der Waals surface area contributed by atoms with Gasteiger partial charge in [-0.2, -0.15) is 5.26 Å². The second kappa shape index (κ2) is 12.0. The number of aromatic amines is 1. The van der Waals surface area contributed by atoms with Crippen LogP contribution in [0.4, 0.5) is 27.4 Å². The van der Waals surface area contributed by atoms with Gasteiger partial charge >= 0.3 is 0 Å². The van der Waals surface area contributed by atoms with Crippen molar-refractivity contribution in [2.45, 2.75) is 38.1 Å². The highest BCUT2D eigenvalue weighted by molar-refractivity contribution is 6.02. The molecule has 42 heavy (non-hydrogen) atoms. The lowest BCUT2D eigenvalue weighted by molar-refractivity contribution is -0.111. The number of amides is 1. The third-order valence-corrected chi connectivity index (χ3v) is 8.24. The number of halogens is 1. The first-order valence-electron chi connectivity index (χ1n) is 14.4. The number of nitrogens with zero attached hydrogens (tertiary/aromatic N) is 5. The predicted molar refractivity (Wildman–Crippen MR) is 163 cm³/mol. The first-order chi connectivity index (χ1) is 20.5. The van der Waals surface area contributed by atoms with Crippen molar-refractivity contribution >= 4 is 39.8 Å². The number of hydrogen-bond acceptors (Lipinski definition) is 7. The van der Waals surface area contributed by atoms with Crippen molar-refractivity contribution in [3.8, 4) is 17.3 Å². The molecule has 214 valence electrons. The fourth-order valence-electron chi connectivity index (χ4n) is 6.07. The number of likely N-dealkylation sites (tertiary alicyclic amines) is 1. The quantitative estimate of drug-likeness (QED) is 0.238. The van der Waals surface area contributed by atoms with Crippen LogP contribution in [-0.4, -0.2) is 58.0 Å². The number of anilines is 4. The zero-order chi connectivity index (χ0) is 29.1. The molecular weight excluding hydrogens is 531 g/mol. The molecule has 0 aliphatic carbocycles. The summed E-state index contributed by atoms with van der Waals surface area (Å²) in [5, 5.41) is 16.5. The lowest BCUT2D eigenvalue weighted by atomic mass is 9.99. The van der Waals surface area contributed by atoms with Crippen LogP contribution < -0.4 is 15.5 Å². The van der Waals surface area contributed by atoms with Gasteiger partial charge in [-0.1, -0.05) is 31.2 Å². The highest BCUT2D eigenvalue weighted by atomic mass is 19.1. The Morgan fingerprint density at radius 3 is 2.67 bits per heavy atom. The fourth-order valence-corrected chi connectivity index (χ4v) is 6.07. The molecule has 2 saturated heterocycles. The number of nitriles is 1. The summed E-state index contributed by atoms with van der Waals surface area (Å²) in [6.45, 7) is 7.34. The van der Waals surface area contributed by atoms with Crippen molar-refractivity contribution in [2.24, 2.45) is 0 Å². The van der Waals surface area contributed by atoms with Gasteiger partial charge in [0.15, 0.2) is 0 Å². The average molecular weight is 565 g/mol. The van der Waals surface area contributed by atoms with Crippen LogP contribution in [0.5, 0.6) is 0 Å². The number of aromatic nitrogens is 3. The van der Waals surface area contributed by atoms with E-state index in [4.69, 9.17) is 0 Å². The van der Waals surface area contributed by atoms with E-state index < -0.39 is 11.7 Å². The van der Waals surface area contributed by atoms with Crippen molar-refractivity contribution in [1.29, 1.82) is 5.26 Å². The van der Waals surface area contributed by atoms with E-state index in [1.54, 1.807) is 12.3 Å². The topological polar surface area (TPSA) is 113 Å². The van der Waals surface area contributed by atoms with Gasteiger partial charge < -0.3 is 25.4 Å². The molecular formula is C32H33FN8O. The summed E-state index contributed by atoms with van der Waals surface area (Å²) >= 11 is 0. The lowest BCUT2D eigenvalue weighted by Crippen LogP contribution is -2.47. The number of carbonyl (C=O) groups is 1. The molecule has 0 bridgehead atoms. The largest absolute Gasteiger partial charge is 0.369 e. The summed E-state index contributed by atoms with van der Waals surface area (Å²) in [6, 6.07) is 13.4. The number of rotatable bonds is 7. The van der Waals surface area contributed by atoms with Crippen molar-refractivity contribution in [3.05, 3.63) is 72.8 Å². The number of piperidine rings is 2. The predicted octanol–water partition coefficient (Wildman–Crippen LogP) is 5.96. The SMILES string of the molecule is C=CC(=O)Nc1cc(N2CCC(N3CCCCC3)CC2)c(F)cc1Nc1ncc(C#N)c(-c2c[nH]c3ccccc23)n1. The number of nitrogens with one attached hydrogen (secondary N) is 3. The van der Waals surface area contributed by atoms with Gasteiger partial charge in [0.2, 0.25) is 11.9 Å². The Morgan fingerprint density at radius 2 is 1.90 bits per heavy atom. The average Bonchev–Trinajstić information content (AvgIpc) is 3.47. The Kier molecular flexibility index (Phi) is 7.84. The minimum atomic E-state index is -0.417. The number of H-pyrrole nitrogens is 1. The van der Waals surface area contributed by atoms with Crippen molar-refractivity contribution in [3.63, 3.8) is 0 Å². The van der Waals surface area contributed by atoms with Gasteiger partial charge in [0.05, 0.1) is 34.5 Å². The molecule has 2 aliphatic rings. The Bertz CT molecular complexity index is 1660. The Morgan fingerprint density at radius 1 is 1.12 bits per heavy atom. The summed E-state index contributed by atoms with van der Waals surface area (Å²) in [6.07, 6.45) is 10.2. The zero-order valence-corrected chi connectivity index (χ0v) is 23.4. The van der Waals surface area contributed by atoms with E-state index in [-0.39, 0.29) is 5.95 Å². The van der Waals surface area contributed by atoms with Gasteiger partial charge in [-0.3, -0.25) is 4.79 Å². The second-order valence-electron chi connectivity index (χ2n) is 10.8. The van der Waals surface area contributed by atoms with E-state index in [1.807, 2.05) is 24.3 Å². The minimum absolute atomic E-state index is 0.165. The summed E-state index contributed by atoms with van der Waals surface area (Å²) in [4.78, 5) is 29.1. The standard InChI is InChI=1S/C32H33FN8O/c1-2-30(42)37-28-17-29(41-14-10-22(11-15-41)40-12-6-3-7-13-40)25(33)16-27(28)38-32-36-19-21(18-34)31(39-32)24-20-35-26-9-5-4-8-23(24)26/h2,4-5,8-9,16-17,19-20,22,35H,1,3,6-7,10-15H2,(H,37,42)(H,36,38,39). The van der Waals surface area contributed by atoms with Gasteiger partial charge in [0.1, 0.15) is 11.9 Å². The molecule has 0 unspecified atom stereocenters. The molecule has 2 fully saturated rings. The van der Waals surface area contributed by atoms with Crippen LogP contribution in [0.3, 0.4) is 0 Å². The van der Waals surface area contributed by atoms with Crippen molar-refractivity contribution in [1.82, 2.24) is 19.9 Å². The maximum absolute atomic E-state index is 15.7. The second-order valence-corrected chi connectivity index (χ2v) is 10.8. The van der Waals surface area contributed by atoms with Crippen LogP contribution in [0.2, 0.25) is 0 Å². The van der Waals surface area contributed by atoms with E-state index in [0.29, 0.717) is 34.4 Å². The van der Waals surface area contributed by atoms with E-state index in [9.17, 15) is 10.1 Å². The van der Waals surface area contributed by atoms with Gasteiger partial charge in [-0.05, 0) is 57.0 Å². The van der Waals surface area contributed by atoms with E-state index in [1.165, 1.54) is 37.6 Å². The summed E-state index contributed by atoms with van der Waals surface area (Å²) < 4.78 is 15.7. The molecule has 0 saturated carbocycles. The molecule has 0 radical (unpaired) electrons. The van der Waals surface area contributed by atoms with Crippen LogP contribution in [-0.2, 0) is 4.79 Å². The van der Waals surface area contributed by atoms with E-state index in [2.05, 4.69) is 48.0 Å². The summed E-state index contributed by atoms with van der Waals surface area (Å²) in [5.74, 6) is -0.659. The number of carbonyl (C=O) groups excluding carboxylic acids is 1. The molecule has 0 atom stereocenters. The highest BCUT2D eigenvalue weighted by Crippen LogP contribution is 2.36. The molecule has 0 spiro atoms. The first kappa shape index (κ1) is 27.4. The Labute approximate surface area is 244 Å². The molecule has 2 aromatic heterocycles. The van der Waals surface area contributed by atoms with Gasteiger partial charge in [-0.15, -0.1) is 0 Å². The molecule has 1 amide bonds. The molecule has 2 aliphatic heterocycles. The van der Waals surface area contributed by atoms with Gasteiger partial charge in [0.25, 0.3) is 0 Å². The van der Waals surface area contributed by atoms with Crippen LogP contribution in [0.15, 0.2) is 61.4 Å². The fraction of sp³-hybridized carbons (Fsp3) is 0.312. The highest BCUT2D eigenvalue weighted by Gasteiger charge is 2.27. The number of para-hydroxylation sites is 1. The van der Waals surface area contributed by atoms with Gasteiger partial charge in [0, 0.05) is 47.9 Å². The van der Waals surface area contributed by atoms with Gasteiger partial charge in [-0.25, -0.2) is 14.4 Å². The van der Waals surface area contributed by atoms with Crippen molar-refractivity contribution in [2.75, 3.05) is 41.7 Å². The lowest BCUT2D eigenvalue weighted by Gasteiger charge is -2.41. The molecule has 4 heterocycles. The zero-order valence-electron chi connectivity index (χ0n) is 23.4. The molecule has 4 aromatic rings. The first-order valence-corrected chi connectivity index (χ1v) is 14.4. The maximum Gasteiger partial charge on any atom is 0.247 e. The van der Waals surface area contributed by atoms with E-state index >= 15 is 4.39 Å². The molecule has 6 rings (SSSR count). The maximum atomic E-state index is 15.7. The minimum Gasteiger partial charge on any atom is -0.369 e. The molecule has 3 N–H and O–H groups in total. The van der Waals surface area contributed by atoms with E-state index in [0.717, 1.165) is 55.5 Å². The Hall–Kier alpha value is -4.75. The smallest absolute Gasteiger partial charge is 0.247 e. The monoisotopic (exact) mass is 564 g/mol. The number of fused-ring (bicyclic) bond motifs is 1. The third kappa shape index (κ3) is 5.56. The van der Waals surface area contributed by atoms with Crippen LogP contribution >= 0.6 is 0 Å². The molecule has 2 aromatic carbocycles. The molecule has 10 heteroatoms. The summed E-state index contributed by atoms with van der Waals surface area (Å²) in [7, 11) is 0. The van der Waals surface area contributed by atoms with Crippen molar-refractivity contribution < 1.29 is 9.18 Å². The normalized spacial score (nSPS) is 16.2. The van der Waals surface area contributed by atoms with Crippen LogP contribution in [0, 0.1) is 17.1 Å². The third-order valence-electron chi connectivity index (χ3n) is 8.24. The number of benzene rings is 2. The van der Waals surface area contributed by atoms with Crippen LogP contribution in [0.1, 0.15) is 37.7 Å².